The third-order valence-corrected chi connectivity index (χ3v) is 13.2. The van der Waals surface area contributed by atoms with Crippen LogP contribution in [-0.4, -0.2) is 99.6 Å². The number of hydrogen-bond acceptors (Lipinski definition) is 10. The zero-order valence-electron chi connectivity index (χ0n) is 45.5. The summed E-state index contributed by atoms with van der Waals surface area (Å²) in [6.07, 6.45) is 51.9. The fourth-order valence-corrected chi connectivity index (χ4v) is 8.55. The summed E-state index contributed by atoms with van der Waals surface area (Å²) in [5, 5.41) is 56.8. The van der Waals surface area contributed by atoms with Crippen LogP contribution in [0.5, 0.6) is 0 Å². The minimum atomic E-state index is -1.64. The molecule has 8 atom stereocenters. The number of ether oxygens (including phenoxy) is 3. The highest BCUT2D eigenvalue weighted by molar-refractivity contribution is 5.80. The summed E-state index contributed by atoms with van der Waals surface area (Å²) >= 11 is 0. The minimum absolute atomic E-state index is 0.0704. The second kappa shape index (κ2) is 48.8. The van der Waals surface area contributed by atoms with Crippen molar-refractivity contribution in [2.75, 3.05) is 13.2 Å². The summed E-state index contributed by atoms with van der Waals surface area (Å²) in [6.45, 7) is 5.59. The number of carbonyl (C=O) groups is 2. The van der Waals surface area contributed by atoms with Crippen LogP contribution in [0.4, 0.5) is 0 Å². The lowest BCUT2D eigenvalue weighted by Crippen LogP contribution is -2.61. The Labute approximate surface area is 438 Å². The molecular formula is C61H105NO10. The highest BCUT2D eigenvalue weighted by Gasteiger charge is 2.47. The largest absolute Gasteiger partial charge is 0.454 e. The minimum Gasteiger partial charge on any atom is -0.454 e. The monoisotopic (exact) mass is 1010 g/mol. The fourth-order valence-electron chi connectivity index (χ4n) is 8.55. The summed E-state index contributed by atoms with van der Waals surface area (Å²) < 4.78 is 17.5. The molecule has 1 fully saturated rings. The number of nitrogens with one attached hydrogen (secondary N) is 1. The van der Waals surface area contributed by atoms with Gasteiger partial charge in [0.05, 0.1) is 25.4 Å². The van der Waals surface area contributed by atoms with E-state index in [4.69, 9.17) is 14.2 Å². The molecule has 0 saturated carbocycles. The first kappa shape index (κ1) is 66.9. The van der Waals surface area contributed by atoms with E-state index < -0.39 is 67.4 Å². The van der Waals surface area contributed by atoms with Gasteiger partial charge >= 0.3 is 5.97 Å². The third-order valence-electron chi connectivity index (χ3n) is 13.2. The summed E-state index contributed by atoms with van der Waals surface area (Å²) in [6, 6.07) is -1.04. The Morgan fingerprint density at radius 1 is 0.556 bits per heavy atom. The Morgan fingerprint density at radius 3 is 1.54 bits per heavy atom. The predicted molar refractivity (Wildman–Crippen MR) is 296 cm³/mol. The molecule has 11 heteroatoms. The topological polar surface area (TPSA) is 175 Å². The molecule has 1 aliphatic rings. The van der Waals surface area contributed by atoms with Crippen LogP contribution in [0.2, 0.25) is 0 Å². The van der Waals surface area contributed by atoms with Gasteiger partial charge in [-0.05, 0) is 70.6 Å². The summed E-state index contributed by atoms with van der Waals surface area (Å²) in [4.78, 5) is 26.4. The number of aliphatic hydroxyl groups excluding tert-OH is 5. The molecule has 0 radical (unpaired) electrons. The highest BCUT2D eigenvalue weighted by Crippen LogP contribution is 2.26. The lowest BCUT2D eigenvalue weighted by Gasteiger charge is -2.41. The Bertz CT molecular complexity index is 1490. The fraction of sp³-hybridized carbons (Fsp3) is 0.738. The van der Waals surface area contributed by atoms with Crippen molar-refractivity contribution in [3.8, 4) is 0 Å². The lowest BCUT2D eigenvalue weighted by molar-refractivity contribution is -0.305. The van der Waals surface area contributed by atoms with Crippen LogP contribution in [0.15, 0.2) is 85.1 Å². The van der Waals surface area contributed by atoms with Crippen LogP contribution >= 0.6 is 0 Å². The van der Waals surface area contributed by atoms with Crippen LogP contribution in [0.25, 0.3) is 0 Å². The smallest absolute Gasteiger partial charge is 0.306 e. The molecule has 1 rings (SSSR count). The summed E-state index contributed by atoms with van der Waals surface area (Å²) in [5.74, 6) is -1.25. The van der Waals surface area contributed by atoms with Crippen LogP contribution < -0.4 is 5.32 Å². The maximum Gasteiger partial charge on any atom is 0.306 e. The van der Waals surface area contributed by atoms with E-state index in [-0.39, 0.29) is 19.4 Å². The van der Waals surface area contributed by atoms with Gasteiger partial charge in [0.25, 0.3) is 0 Å². The van der Waals surface area contributed by atoms with E-state index in [0.717, 1.165) is 77.0 Å². The van der Waals surface area contributed by atoms with Crippen LogP contribution in [-0.2, 0) is 23.8 Å². The Morgan fingerprint density at radius 2 is 1.01 bits per heavy atom. The van der Waals surface area contributed by atoms with E-state index in [0.29, 0.717) is 12.8 Å². The number of hydrogen-bond donors (Lipinski definition) is 6. The molecule has 6 N–H and O–H groups in total. The maximum absolute atomic E-state index is 13.4. The Hall–Kier alpha value is -3.16. The normalized spacial score (nSPS) is 20.1. The standard InChI is InChI=1S/C61H105NO10/c1-4-7-10-13-16-19-22-25-27-29-30-33-36-39-42-45-48-54(65)60(69)62-52(53(64)47-44-41-38-35-32-24-21-18-15-12-9-6-3)51-70-61-59(58(68)57(67)55(50-63)71-61)72-56(66)49-46-43-40-37-34-31-28-26-23-20-17-14-11-8-5-2/h8,11,14,17,20,23,25-28,31,34,44,47,52-55,57-59,61,63-65,67-68H,4-7,9-10,12-13,15-16,18-19,21-22,24,29-30,32-33,35-43,45-46,48-51H2,1-3H3,(H,62,69)/b11-8+,17-14+,23-20-,27-25+,28-26-,34-31+,47-44+. The van der Waals surface area contributed by atoms with Crippen LogP contribution in [0.3, 0.4) is 0 Å². The van der Waals surface area contributed by atoms with Gasteiger partial charge in [-0.25, -0.2) is 0 Å². The highest BCUT2D eigenvalue weighted by atomic mass is 16.7. The molecular weight excluding hydrogens is 907 g/mol. The van der Waals surface area contributed by atoms with E-state index in [1.165, 1.54) is 103 Å². The molecule has 72 heavy (non-hydrogen) atoms. The zero-order chi connectivity index (χ0) is 52.5. The first-order valence-electron chi connectivity index (χ1n) is 28.9. The van der Waals surface area contributed by atoms with Crippen LogP contribution in [0, 0.1) is 0 Å². The van der Waals surface area contributed by atoms with Gasteiger partial charge in [0, 0.05) is 6.42 Å². The zero-order valence-corrected chi connectivity index (χ0v) is 45.5. The molecule has 0 spiro atoms. The van der Waals surface area contributed by atoms with Gasteiger partial charge in [-0.15, -0.1) is 0 Å². The van der Waals surface area contributed by atoms with E-state index in [1.807, 2.05) is 54.7 Å². The number of allylic oxidation sites excluding steroid dienone is 13. The molecule has 1 heterocycles. The van der Waals surface area contributed by atoms with Crippen molar-refractivity contribution in [2.24, 2.45) is 0 Å². The number of unbranched alkanes of at least 4 members (excludes halogenated alkanes) is 25. The molecule has 0 bridgehead atoms. The van der Waals surface area contributed by atoms with Crippen molar-refractivity contribution in [1.82, 2.24) is 5.32 Å². The van der Waals surface area contributed by atoms with Gasteiger partial charge in [0.2, 0.25) is 5.91 Å². The molecule has 11 nitrogen and oxygen atoms in total. The van der Waals surface area contributed by atoms with Crippen molar-refractivity contribution in [3.63, 3.8) is 0 Å². The van der Waals surface area contributed by atoms with Crippen molar-refractivity contribution in [1.29, 1.82) is 0 Å². The van der Waals surface area contributed by atoms with Crippen LogP contribution in [0.1, 0.15) is 226 Å². The van der Waals surface area contributed by atoms with Gasteiger partial charge in [-0.3, -0.25) is 9.59 Å². The molecule has 0 aromatic heterocycles. The molecule has 8 unspecified atom stereocenters. The molecule has 414 valence electrons. The molecule has 1 amide bonds. The van der Waals surface area contributed by atoms with E-state index in [1.54, 1.807) is 6.08 Å². The number of aliphatic hydroxyl groups is 5. The van der Waals surface area contributed by atoms with E-state index >= 15 is 0 Å². The predicted octanol–water partition coefficient (Wildman–Crippen LogP) is 13.0. The van der Waals surface area contributed by atoms with Gasteiger partial charge in [-0.2, -0.15) is 0 Å². The average molecular weight is 1010 g/mol. The van der Waals surface area contributed by atoms with Gasteiger partial charge < -0.3 is 45.1 Å². The maximum atomic E-state index is 13.4. The van der Waals surface area contributed by atoms with Crippen molar-refractivity contribution < 1.29 is 49.3 Å². The van der Waals surface area contributed by atoms with Crippen molar-refractivity contribution >= 4 is 11.9 Å². The Kier molecular flexibility index (Phi) is 45.3. The molecule has 1 saturated heterocycles. The third kappa shape index (κ3) is 36.7. The molecule has 0 aliphatic carbocycles. The van der Waals surface area contributed by atoms with E-state index in [9.17, 15) is 35.1 Å². The second-order valence-corrected chi connectivity index (χ2v) is 19.8. The molecule has 0 aromatic carbocycles. The first-order valence-corrected chi connectivity index (χ1v) is 28.9. The van der Waals surface area contributed by atoms with E-state index in [2.05, 4.69) is 50.4 Å². The SMILES string of the molecule is CC/C=C/C=C/C=C\C=C/C=C/CCCCCC(=O)OC1C(OCC(NC(=O)C(O)CCCCCCCC/C=C/CCCCCCCC)C(O)/C=C/CCCCCCCCCCCC)OC(CO)C(O)C1O. The van der Waals surface area contributed by atoms with Crippen molar-refractivity contribution in [2.45, 2.75) is 275 Å². The average Bonchev–Trinajstić information content (AvgIpc) is 3.38. The summed E-state index contributed by atoms with van der Waals surface area (Å²) in [7, 11) is 0. The van der Waals surface area contributed by atoms with Gasteiger partial charge in [0.1, 0.15) is 24.4 Å². The number of rotatable bonds is 47. The number of esters is 1. The second-order valence-electron chi connectivity index (χ2n) is 19.8. The van der Waals surface area contributed by atoms with Gasteiger partial charge in [0.15, 0.2) is 12.4 Å². The van der Waals surface area contributed by atoms with Gasteiger partial charge in [-0.1, -0.05) is 234 Å². The first-order chi connectivity index (χ1) is 35.2. The number of carbonyl (C=O) groups excluding carboxylic acids is 2. The van der Waals surface area contributed by atoms with Crippen molar-refractivity contribution in [3.05, 3.63) is 85.1 Å². The quantitative estimate of drug-likeness (QED) is 0.0149. The summed E-state index contributed by atoms with van der Waals surface area (Å²) in [5.41, 5.74) is 0. The lowest BCUT2D eigenvalue weighted by atomic mass is 9.99. The molecule has 1 aliphatic heterocycles. The number of amides is 1. The Balaban J connectivity index is 2.77. The molecule has 0 aromatic rings.